The van der Waals surface area contributed by atoms with Gasteiger partial charge in [0.05, 0.1) is 0 Å². The normalized spacial score (nSPS) is 10.1. The molecule has 0 aliphatic carbocycles. The van der Waals surface area contributed by atoms with Crippen LogP contribution in [0.4, 0.5) is 0 Å². The van der Waals surface area contributed by atoms with Crippen molar-refractivity contribution in [1.82, 2.24) is 0 Å². The number of nitrogens with two attached hydrogens (primary N) is 1. The van der Waals surface area contributed by atoms with Crippen molar-refractivity contribution in [2.45, 2.75) is 27.7 Å². The van der Waals surface area contributed by atoms with Crippen LogP contribution in [0.5, 0.6) is 0 Å². The Labute approximate surface area is 143 Å². The third kappa shape index (κ3) is 36.2. The number of ether oxygens (including phenoxy) is 2. The molecule has 20 heavy (non-hydrogen) atoms. The predicted octanol–water partition coefficient (Wildman–Crippen LogP) is 1.69. The number of amides is 1. The second kappa shape index (κ2) is 27.7. The quantitative estimate of drug-likeness (QED) is 0.303. The molecular formula is C13H30NO4STi-. The van der Waals surface area contributed by atoms with Gasteiger partial charge in [-0.25, -0.2) is 0 Å². The topological polar surface area (TPSA) is 81.8 Å². The zero-order valence-electron chi connectivity index (χ0n) is 13.2. The molecule has 1 atom stereocenters. The Bertz CT molecular complexity index is 172. The van der Waals surface area contributed by atoms with Crippen molar-refractivity contribution in [1.29, 1.82) is 0 Å². The first kappa shape index (κ1) is 28.6. The van der Waals surface area contributed by atoms with Crippen LogP contribution in [0.3, 0.4) is 0 Å². The van der Waals surface area contributed by atoms with Gasteiger partial charge in [-0.3, -0.25) is 4.79 Å². The number of aliphatic hydroxyl groups is 1. The summed E-state index contributed by atoms with van der Waals surface area (Å²) in [6.07, 6.45) is 0. The van der Waals surface area contributed by atoms with E-state index in [1.54, 1.807) is 18.7 Å². The van der Waals surface area contributed by atoms with E-state index in [9.17, 15) is 4.79 Å². The monoisotopic (exact) mass is 344 g/mol. The van der Waals surface area contributed by atoms with Gasteiger partial charge in [0.25, 0.3) is 0 Å². The number of hydrogen-bond donors (Lipinski definition) is 2. The first-order valence-corrected chi connectivity index (χ1v) is 7.59. The molecule has 1 unspecified atom stereocenters. The second-order valence-electron chi connectivity index (χ2n) is 3.30. The number of carbonyl (C=O) groups excluding carboxylic acids is 1. The van der Waals surface area contributed by atoms with Crippen LogP contribution in [0, 0.1) is 12.8 Å². The van der Waals surface area contributed by atoms with Crippen LogP contribution in [0.1, 0.15) is 27.7 Å². The fraction of sp³-hybridized carbons (Fsp3) is 0.846. The number of thioether (sulfide) groups is 1. The first-order chi connectivity index (χ1) is 9.01. The molecule has 0 saturated carbocycles. The molecule has 0 aliphatic rings. The summed E-state index contributed by atoms with van der Waals surface area (Å²) < 4.78 is 9.70. The molecule has 0 aromatic heterocycles. The van der Waals surface area contributed by atoms with Crippen molar-refractivity contribution in [3.63, 3.8) is 0 Å². The smallest absolute Gasteiger partial charge is 0.221 e. The van der Waals surface area contributed by atoms with Crippen LogP contribution in [0.15, 0.2) is 0 Å². The molecule has 0 fully saturated rings. The maximum atomic E-state index is 10.4. The average molecular weight is 344 g/mol. The fourth-order valence-corrected chi connectivity index (χ4v) is 1.25. The van der Waals surface area contributed by atoms with E-state index in [2.05, 4.69) is 6.92 Å². The molecule has 0 rings (SSSR count). The predicted molar refractivity (Wildman–Crippen MR) is 81.9 cm³/mol. The van der Waals surface area contributed by atoms with Crippen molar-refractivity contribution in [3.8, 4) is 0 Å². The number of hydrogen-bond acceptors (Lipinski definition) is 5. The van der Waals surface area contributed by atoms with Crippen LogP contribution < -0.4 is 5.73 Å². The van der Waals surface area contributed by atoms with Gasteiger partial charge in [0.2, 0.25) is 5.91 Å². The second-order valence-corrected chi connectivity index (χ2v) is 4.45. The third-order valence-corrected chi connectivity index (χ3v) is 2.60. The number of rotatable bonds is 8. The van der Waals surface area contributed by atoms with E-state index in [1.807, 2.05) is 20.8 Å². The van der Waals surface area contributed by atoms with E-state index in [4.69, 9.17) is 20.3 Å². The van der Waals surface area contributed by atoms with Crippen LogP contribution in [-0.2, 0) is 36.0 Å². The van der Waals surface area contributed by atoms with Gasteiger partial charge >= 0.3 is 0 Å². The molecule has 0 aromatic rings. The SMILES string of the molecule is CCO.CCOCOCC.[CH2-]CSCC(C)C(N)=O.[Ti]. The minimum absolute atomic E-state index is 0. The van der Waals surface area contributed by atoms with Gasteiger partial charge in [-0.2, -0.15) is 11.8 Å². The molecule has 0 aliphatic heterocycles. The molecule has 0 saturated heterocycles. The summed E-state index contributed by atoms with van der Waals surface area (Å²) in [7, 11) is 0. The zero-order valence-corrected chi connectivity index (χ0v) is 15.6. The molecule has 0 heterocycles. The zero-order chi connectivity index (χ0) is 15.5. The van der Waals surface area contributed by atoms with E-state index in [0.717, 1.165) is 24.7 Å². The molecule has 0 spiro atoms. The van der Waals surface area contributed by atoms with Gasteiger partial charge in [-0.05, 0) is 20.8 Å². The summed E-state index contributed by atoms with van der Waals surface area (Å²) in [5.74, 6) is 1.35. The van der Waals surface area contributed by atoms with E-state index in [-0.39, 0.29) is 40.1 Å². The Morgan fingerprint density at radius 2 is 1.70 bits per heavy atom. The molecule has 122 valence electrons. The molecule has 7 heteroatoms. The summed E-state index contributed by atoms with van der Waals surface area (Å²) in [4.78, 5) is 10.4. The molecule has 5 nitrogen and oxygen atoms in total. The van der Waals surface area contributed by atoms with Gasteiger partial charge in [0, 0.05) is 53.2 Å². The van der Waals surface area contributed by atoms with Gasteiger partial charge in [-0.1, -0.05) is 6.92 Å². The third-order valence-electron chi connectivity index (χ3n) is 1.57. The van der Waals surface area contributed by atoms with Gasteiger partial charge in [0.15, 0.2) is 0 Å². The Morgan fingerprint density at radius 3 is 1.95 bits per heavy atom. The van der Waals surface area contributed by atoms with Crippen molar-refractivity contribution in [3.05, 3.63) is 6.92 Å². The summed E-state index contributed by atoms with van der Waals surface area (Å²) in [6.45, 7) is 13.2. The van der Waals surface area contributed by atoms with Gasteiger partial charge in [0.1, 0.15) is 6.79 Å². The van der Waals surface area contributed by atoms with Gasteiger partial charge in [-0.15, -0.1) is 5.75 Å². The van der Waals surface area contributed by atoms with E-state index < -0.39 is 0 Å². The van der Waals surface area contributed by atoms with Crippen molar-refractivity contribution < 1.29 is 41.1 Å². The van der Waals surface area contributed by atoms with Crippen LogP contribution in [-0.4, -0.2) is 49.1 Å². The first-order valence-electron chi connectivity index (χ1n) is 6.44. The molecule has 0 radical (unpaired) electrons. The number of aliphatic hydroxyl groups excluding tert-OH is 1. The maximum absolute atomic E-state index is 10.4. The van der Waals surface area contributed by atoms with E-state index >= 15 is 0 Å². The largest absolute Gasteiger partial charge is 0.397 e. The van der Waals surface area contributed by atoms with Crippen molar-refractivity contribution in [2.24, 2.45) is 11.7 Å². The van der Waals surface area contributed by atoms with E-state index in [1.165, 1.54) is 0 Å². The van der Waals surface area contributed by atoms with Crippen LogP contribution in [0.25, 0.3) is 0 Å². The molecular weight excluding hydrogens is 314 g/mol. The molecule has 0 aromatic carbocycles. The standard InChI is InChI=1S/C6H12NOS.C5H12O2.C2H6O.Ti/c1-3-9-4-5(2)6(7)8;1-3-6-5-7-4-2;1-2-3;/h5H,1,3-4H2,2H3,(H2,7,8);3-5H2,1-2H3;3H,2H2,1H3;/q-1;;;. The molecule has 1 amide bonds. The fourth-order valence-electron chi connectivity index (χ4n) is 0.568. The minimum atomic E-state index is -0.226. The Hall–Kier alpha value is 0.414. The Morgan fingerprint density at radius 1 is 1.30 bits per heavy atom. The summed E-state index contributed by atoms with van der Waals surface area (Å²) in [6, 6.07) is 0. The Balaban J connectivity index is -0.000000105. The maximum Gasteiger partial charge on any atom is 0.221 e. The van der Waals surface area contributed by atoms with Crippen LogP contribution >= 0.6 is 11.8 Å². The number of carbonyl (C=O) groups is 1. The average Bonchev–Trinajstić information content (AvgIpc) is 2.38. The summed E-state index contributed by atoms with van der Waals surface area (Å²) >= 11 is 1.63. The summed E-state index contributed by atoms with van der Waals surface area (Å²) in [5, 5.41) is 7.57. The van der Waals surface area contributed by atoms with Crippen molar-refractivity contribution in [2.75, 3.05) is 38.1 Å². The number of primary amides is 1. The Kier molecular flexibility index (Phi) is 39.6. The minimum Gasteiger partial charge on any atom is -0.397 e. The van der Waals surface area contributed by atoms with E-state index in [0.29, 0.717) is 6.79 Å². The summed E-state index contributed by atoms with van der Waals surface area (Å²) in [5.41, 5.74) is 5.00. The molecule has 0 bridgehead atoms. The van der Waals surface area contributed by atoms with Gasteiger partial charge < -0.3 is 27.2 Å². The molecule has 3 N–H and O–H groups in total. The van der Waals surface area contributed by atoms with Crippen molar-refractivity contribution >= 4 is 17.7 Å². The van der Waals surface area contributed by atoms with Crippen LogP contribution in [0.2, 0.25) is 0 Å².